The zero-order chi connectivity index (χ0) is 21.0. The lowest BCUT2D eigenvalue weighted by atomic mass is 9.77. The van der Waals surface area contributed by atoms with Gasteiger partial charge in [0.1, 0.15) is 11.4 Å². The van der Waals surface area contributed by atoms with E-state index in [9.17, 15) is 9.59 Å². The largest absolute Gasteiger partial charge is 0.467 e. The summed E-state index contributed by atoms with van der Waals surface area (Å²) in [6.07, 6.45) is 7.87. The Balaban J connectivity index is 1.15. The van der Waals surface area contributed by atoms with Gasteiger partial charge in [0, 0.05) is 23.6 Å². The number of aromatic nitrogens is 1. The predicted octanol–water partition coefficient (Wildman–Crippen LogP) is 2.40. The van der Waals surface area contributed by atoms with Crippen LogP contribution in [-0.2, 0) is 27.3 Å². The Morgan fingerprint density at radius 3 is 3.03 bits per heavy atom. The molecule has 0 unspecified atom stereocenters. The Hall–Kier alpha value is -3.32. The van der Waals surface area contributed by atoms with Crippen molar-refractivity contribution in [2.75, 3.05) is 13.1 Å². The van der Waals surface area contributed by atoms with E-state index in [1.165, 1.54) is 5.39 Å². The minimum Gasteiger partial charge on any atom is -0.467 e. The van der Waals surface area contributed by atoms with Crippen molar-refractivity contribution in [3.8, 4) is 0 Å². The third kappa shape index (κ3) is 2.84. The van der Waals surface area contributed by atoms with E-state index < -0.39 is 17.4 Å². The fraction of sp³-hybridized carbons (Fsp3) is 0.333. The van der Waals surface area contributed by atoms with Crippen LogP contribution < -0.4 is 5.32 Å². The Bertz CT molecular complexity index is 1180. The molecular formula is C24H23N3O4. The maximum atomic E-state index is 13.2. The van der Waals surface area contributed by atoms with E-state index in [2.05, 4.69) is 16.4 Å². The van der Waals surface area contributed by atoms with Gasteiger partial charge in [-0.2, -0.15) is 0 Å². The van der Waals surface area contributed by atoms with Crippen molar-refractivity contribution in [1.82, 2.24) is 15.2 Å². The van der Waals surface area contributed by atoms with Crippen molar-refractivity contribution in [2.24, 2.45) is 11.8 Å². The summed E-state index contributed by atoms with van der Waals surface area (Å²) in [5, 5.41) is 4.21. The minimum atomic E-state index is -0.701. The molecule has 3 aliphatic rings. The van der Waals surface area contributed by atoms with Crippen LogP contribution in [-0.4, -0.2) is 46.5 Å². The number of benzene rings is 1. The second-order valence-electron chi connectivity index (χ2n) is 8.57. The number of likely N-dealkylation sites (tertiary alicyclic amines) is 1. The van der Waals surface area contributed by atoms with Crippen LogP contribution in [0.3, 0.4) is 0 Å². The number of rotatable bonds is 6. The molecule has 7 nitrogen and oxygen atoms in total. The Kier molecular flexibility index (Phi) is 4.08. The Morgan fingerprint density at radius 1 is 1.26 bits per heavy atom. The molecule has 5 heterocycles. The lowest BCUT2D eigenvalue weighted by Gasteiger charge is -2.23. The highest BCUT2D eigenvalue weighted by Crippen LogP contribution is 2.52. The van der Waals surface area contributed by atoms with Gasteiger partial charge in [0.2, 0.25) is 11.8 Å². The van der Waals surface area contributed by atoms with Crippen molar-refractivity contribution in [3.63, 3.8) is 0 Å². The van der Waals surface area contributed by atoms with Crippen LogP contribution in [0.4, 0.5) is 0 Å². The van der Waals surface area contributed by atoms with E-state index in [0.29, 0.717) is 19.6 Å². The molecule has 3 aliphatic heterocycles. The number of H-pyrrole nitrogens is 1. The first-order chi connectivity index (χ1) is 15.1. The number of para-hydroxylation sites is 1. The van der Waals surface area contributed by atoms with Gasteiger partial charge < -0.3 is 24.4 Å². The summed E-state index contributed by atoms with van der Waals surface area (Å²) < 4.78 is 11.6. The fourth-order valence-corrected chi connectivity index (χ4v) is 5.38. The number of furan rings is 1. The van der Waals surface area contributed by atoms with E-state index in [1.54, 1.807) is 17.2 Å². The Morgan fingerprint density at radius 2 is 2.16 bits per heavy atom. The van der Waals surface area contributed by atoms with Crippen molar-refractivity contribution in [2.45, 2.75) is 24.7 Å². The summed E-state index contributed by atoms with van der Waals surface area (Å²) >= 11 is 0. The molecule has 4 atom stereocenters. The van der Waals surface area contributed by atoms with E-state index >= 15 is 0 Å². The third-order valence-corrected chi connectivity index (χ3v) is 6.78. The van der Waals surface area contributed by atoms with Gasteiger partial charge in [-0.15, -0.1) is 0 Å². The number of carbonyl (C=O) groups excluding carboxylic acids is 2. The number of nitrogens with zero attached hydrogens (tertiary/aromatic N) is 1. The highest BCUT2D eigenvalue weighted by Gasteiger charge is 2.66. The number of nitrogens with one attached hydrogen (secondary N) is 2. The summed E-state index contributed by atoms with van der Waals surface area (Å²) in [4.78, 5) is 31.3. The number of carbonyl (C=O) groups is 2. The van der Waals surface area contributed by atoms with Crippen LogP contribution in [0.15, 0.2) is 65.4 Å². The first kappa shape index (κ1) is 18.4. The molecule has 2 amide bonds. The number of aromatic amines is 1. The monoisotopic (exact) mass is 417 g/mol. The van der Waals surface area contributed by atoms with Crippen LogP contribution in [0.1, 0.15) is 11.3 Å². The SMILES string of the molecule is O=C(NCCc1c[nH]c2ccccc12)[C@H]1[C@@H]2C=C[C@]3(CN(Cc4ccco4)C(=O)[C@@H]13)O2. The molecule has 1 spiro atoms. The van der Waals surface area contributed by atoms with Gasteiger partial charge in [0.15, 0.2) is 0 Å². The zero-order valence-corrected chi connectivity index (χ0v) is 16.9. The molecule has 3 aromatic rings. The summed E-state index contributed by atoms with van der Waals surface area (Å²) in [7, 11) is 0. The quantitative estimate of drug-likeness (QED) is 0.603. The summed E-state index contributed by atoms with van der Waals surface area (Å²) in [5.41, 5.74) is 1.55. The highest BCUT2D eigenvalue weighted by atomic mass is 16.5. The van der Waals surface area contributed by atoms with Gasteiger partial charge in [-0.1, -0.05) is 30.4 Å². The van der Waals surface area contributed by atoms with Crippen molar-refractivity contribution in [3.05, 3.63) is 72.3 Å². The first-order valence-corrected chi connectivity index (χ1v) is 10.7. The van der Waals surface area contributed by atoms with Crippen LogP contribution in [0, 0.1) is 11.8 Å². The van der Waals surface area contributed by atoms with E-state index in [4.69, 9.17) is 9.15 Å². The third-order valence-electron chi connectivity index (χ3n) is 6.78. The van der Waals surface area contributed by atoms with Crippen LogP contribution >= 0.6 is 0 Å². The predicted molar refractivity (Wildman–Crippen MR) is 113 cm³/mol. The lowest BCUT2D eigenvalue weighted by molar-refractivity contribution is -0.138. The zero-order valence-electron chi connectivity index (χ0n) is 16.9. The van der Waals surface area contributed by atoms with Gasteiger partial charge in [-0.05, 0) is 30.2 Å². The van der Waals surface area contributed by atoms with Crippen LogP contribution in [0.25, 0.3) is 10.9 Å². The molecule has 0 saturated carbocycles. The molecule has 0 aliphatic carbocycles. The number of hydrogen-bond donors (Lipinski definition) is 2. The summed E-state index contributed by atoms with van der Waals surface area (Å²) in [6.45, 7) is 1.35. The molecule has 2 saturated heterocycles. The van der Waals surface area contributed by atoms with E-state index in [0.717, 1.165) is 23.3 Å². The molecule has 1 aromatic carbocycles. The molecule has 0 radical (unpaired) electrons. The second-order valence-corrected chi connectivity index (χ2v) is 8.57. The normalized spacial score (nSPS) is 28.6. The number of hydrogen-bond acceptors (Lipinski definition) is 4. The molecule has 2 bridgehead atoms. The average Bonchev–Trinajstić information content (AvgIpc) is 3.58. The number of amides is 2. The van der Waals surface area contributed by atoms with Gasteiger partial charge in [0.25, 0.3) is 0 Å². The molecule has 7 heteroatoms. The smallest absolute Gasteiger partial charge is 0.230 e. The maximum Gasteiger partial charge on any atom is 0.230 e. The first-order valence-electron chi connectivity index (χ1n) is 10.7. The molecule has 31 heavy (non-hydrogen) atoms. The van der Waals surface area contributed by atoms with E-state index in [-0.39, 0.29) is 17.9 Å². The average molecular weight is 417 g/mol. The van der Waals surface area contributed by atoms with Crippen molar-refractivity contribution >= 4 is 22.7 Å². The lowest BCUT2D eigenvalue weighted by Crippen LogP contribution is -2.44. The molecular weight excluding hydrogens is 394 g/mol. The topological polar surface area (TPSA) is 87.6 Å². The van der Waals surface area contributed by atoms with Gasteiger partial charge in [-0.3, -0.25) is 9.59 Å². The van der Waals surface area contributed by atoms with Gasteiger partial charge >= 0.3 is 0 Å². The van der Waals surface area contributed by atoms with Gasteiger partial charge in [0.05, 0.1) is 37.3 Å². The van der Waals surface area contributed by atoms with E-state index in [1.807, 2.05) is 42.6 Å². The van der Waals surface area contributed by atoms with Crippen LogP contribution in [0.5, 0.6) is 0 Å². The molecule has 2 N–H and O–H groups in total. The second kappa shape index (κ2) is 6.85. The maximum absolute atomic E-state index is 13.2. The molecule has 6 rings (SSSR count). The highest BCUT2D eigenvalue weighted by molar-refractivity contribution is 5.93. The number of ether oxygens (including phenoxy) is 1. The standard InChI is InChI=1S/C24H23N3O4/c28-22(25-10-8-15-12-26-18-6-2-1-5-17(15)18)20-19-7-9-24(31-19)14-27(23(29)21(20)24)13-16-4-3-11-30-16/h1-7,9,11-12,19-21,26H,8,10,13-14H2,(H,25,28)/t19-,20-,21+,24+/m0/s1. The molecule has 2 fully saturated rings. The van der Waals surface area contributed by atoms with Crippen LogP contribution in [0.2, 0.25) is 0 Å². The fourth-order valence-electron chi connectivity index (χ4n) is 5.38. The summed E-state index contributed by atoms with van der Waals surface area (Å²) in [6, 6.07) is 11.8. The minimum absolute atomic E-state index is 0.0416. The molecule has 2 aromatic heterocycles. The molecule has 158 valence electrons. The number of fused-ring (bicyclic) bond motifs is 2. The van der Waals surface area contributed by atoms with Crippen molar-refractivity contribution < 1.29 is 18.7 Å². The van der Waals surface area contributed by atoms with Crippen molar-refractivity contribution in [1.29, 1.82) is 0 Å². The summed E-state index contributed by atoms with van der Waals surface area (Å²) in [5.74, 6) is -0.412. The van der Waals surface area contributed by atoms with Gasteiger partial charge in [-0.25, -0.2) is 0 Å². The Labute approximate surface area is 179 Å².